The van der Waals surface area contributed by atoms with Crippen molar-refractivity contribution in [2.75, 3.05) is 46.5 Å². The van der Waals surface area contributed by atoms with Gasteiger partial charge in [-0.25, -0.2) is 0 Å². The number of rotatable bonds is 5. The van der Waals surface area contributed by atoms with Gasteiger partial charge in [0.1, 0.15) is 0 Å². The van der Waals surface area contributed by atoms with Crippen LogP contribution < -0.4 is 5.32 Å². The summed E-state index contributed by atoms with van der Waals surface area (Å²) in [5, 5.41) is 3.57. The molecule has 4 nitrogen and oxygen atoms in total. The highest BCUT2D eigenvalue weighted by atomic mass is 16.5. The van der Waals surface area contributed by atoms with Crippen LogP contribution in [0.1, 0.15) is 12.8 Å². The number of ether oxygens (including phenoxy) is 2. The van der Waals surface area contributed by atoms with Crippen molar-refractivity contribution in [1.29, 1.82) is 0 Å². The van der Waals surface area contributed by atoms with Gasteiger partial charge in [0.25, 0.3) is 0 Å². The summed E-state index contributed by atoms with van der Waals surface area (Å²) < 4.78 is 10.6. The zero-order chi connectivity index (χ0) is 10.5. The third-order valence-electron chi connectivity index (χ3n) is 3.39. The fourth-order valence-corrected chi connectivity index (χ4v) is 2.18. The zero-order valence-electron chi connectivity index (χ0n) is 9.58. The number of morpholine rings is 1. The molecule has 0 bridgehead atoms. The Bertz CT molecular complexity index is 177. The van der Waals surface area contributed by atoms with Crippen LogP contribution in [-0.4, -0.2) is 63.5 Å². The molecule has 1 aliphatic heterocycles. The van der Waals surface area contributed by atoms with Gasteiger partial charge in [-0.2, -0.15) is 0 Å². The minimum Gasteiger partial charge on any atom is -0.381 e. The lowest BCUT2D eigenvalue weighted by Crippen LogP contribution is -2.48. The molecule has 2 aliphatic rings. The Balaban J connectivity index is 1.48. The first-order valence-corrected chi connectivity index (χ1v) is 5.95. The number of nitrogens with zero attached hydrogens (tertiary/aromatic N) is 1. The van der Waals surface area contributed by atoms with Crippen LogP contribution in [0.2, 0.25) is 0 Å². The molecule has 15 heavy (non-hydrogen) atoms. The van der Waals surface area contributed by atoms with Gasteiger partial charge in [-0.05, 0) is 12.8 Å². The maximum atomic E-state index is 5.31. The van der Waals surface area contributed by atoms with Crippen LogP contribution in [0.15, 0.2) is 0 Å². The summed E-state index contributed by atoms with van der Waals surface area (Å²) in [6.07, 6.45) is 2.87. The minimum atomic E-state index is 0.505. The molecule has 2 fully saturated rings. The highest BCUT2D eigenvalue weighted by Crippen LogP contribution is 2.22. The molecule has 0 amide bonds. The fourth-order valence-electron chi connectivity index (χ4n) is 2.18. The van der Waals surface area contributed by atoms with Gasteiger partial charge in [0.05, 0.1) is 19.3 Å². The average molecular weight is 214 g/mol. The highest BCUT2D eigenvalue weighted by molar-refractivity contribution is 4.85. The van der Waals surface area contributed by atoms with Gasteiger partial charge in [0.2, 0.25) is 0 Å². The molecule has 0 spiro atoms. The molecule has 1 N–H and O–H groups in total. The Hall–Kier alpha value is -0.160. The second-order valence-electron chi connectivity index (χ2n) is 4.43. The molecular weight excluding hydrogens is 192 g/mol. The molecule has 0 unspecified atom stereocenters. The van der Waals surface area contributed by atoms with E-state index in [0.29, 0.717) is 12.1 Å². The zero-order valence-corrected chi connectivity index (χ0v) is 9.58. The minimum absolute atomic E-state index is 0.505. The van der Waals surface area contributed by atoms with E-state index >= 15 is 0 Å². The Labute approximate surface area is 91.9 Å². The third-order valence-corrected chi connectivity index (χ3v) is 3.39. The van der Waals surface area contributed by atoms with Crippen molar-refractivity contribution < 1.29 is 9.47 Å². The van der Waals surface area contributed by atoms with Gasteiger partial charge in [-0.15, -0.1) is 0 Å². The van der Waals surface area contributed by atoms with E-state index in [4.69, 9.17) is 9.47 Å². The lowest BCUT2D eigenvalue weighted by Gasteiger charge is -2.35. The molecule has 1 heterocycles. The molecule has 0 atom stereocenters. The standard InChI is InChI=1S/C11H22N2O2/c1-14-11-8-10(9-11)12-2-3-13-4-6-15-7-5-13/h10-12H,2-9H2,1H3. The lowest BCUT2D eigenvalue weighted by molar-refractivity contribution is 0.0137. The lowest BCUT2D eigenvalue weighted by atomic mass is 9.89. The van der Waals surface area contributed by atoms with E-state index in [2.05, 4.69) is 10.2 Å². The highest BCUT2D eigenvalue weighted by Gasteiger charge is 2.28. The first-order chi connectivity index (χ1) is 7.38. The van der Waals surface area contributed by atoms with Crippen LogP contribution in [0.3, 0.4) is 0 Å². The molecule has 4 heteroatoms. The van der Waals surface area contributed by atoms with E-state index in [1.54, 1.807) is 7.11 Å². The molecule has 1 aliphatic carbocycles. The van der Waals surface area contributed by atoms with Crippen LogP contribution in [0.4, 0.5) is 0 Å². The smallest absolute Gasteiger partial charge is 0.0601 e. The predicted molar refractivity (Wildman–Crippen MR) is 59.1 cm³/mol. The van der Waals surface area contributed by atoms with Crippen molar-refractivity contribution in [3.05, 3.63) is 0 Å². The molecule has 0 aromatic heterocycles. The molecule has 0 aromatic carbocycles. The number of nitrogens with one attached hydrogen (secondary N) is 1. The van der Waals surface area contributed by atoms with Crippen LogP contribution >= 0.6 is 0 Å². The summed E-state index contributed by atoms with van der Waals surface area (Å²) in [6.45, 7) is 6.23. The molecule has 0 aromatic rings. The maximum absolute atomic E-state index is 5.31. The second kappa shape index (κ2) is 5.80. The van der Waals surface area contributed by atoms with Crippen LogP contribution in [-0.2, 0) is 9.47 Å². The first kappa shape index (κ1) is 11.3. The van der Waals surface area contributed by atoms with E-state index in [0.717, 1.165) is 39.4 Å². The van der Waals surface area contributed by atoms with Crippen molar-refractivity contribution in [3.8, 4) is 0 Å². The van der Waals surface area contributed by atoms with Gasteiger partial charge in [-0.3, -0.25) is 4.90 Å². The Morgan fingerprint density at radius 2 is 2.07 bits per heavy atom. The van der Waals surface area contributed by atoms with Gasteiger partial charge in [-0.1, -0.05) is 0 Å². The molecule has 88 valence electrons. The Morgan fingerprint density at radius 1 is 1.33 bits per heavy atom. The van der Waals surface area contributed by atoms with Crippen molar-refractivity contribution in [2.24, 2.45) is 0 Å². The van der Waals surface area contributed by atoms with Crippen LogP contribution in [0, 0.1) is 0 Å². The molecular formula is C11H22N2O2. The summed E-state index contributed by atoms with van der Waals surface area (Å²) in [6, 6.07) is 0.691. The normalized spacial score (nSPS) is 32.6. The average Bonchev–Trinajstić information content (AvgIpc) is 2.23. The van der Waals surface area contributed by atoms with E-state index in [9.17, 15) is 0 Å². The van der Waals surface area contributed by atoms with Crippen molar-refractivity contribution in [2.45, 2.75) is 25.0 Å². The van der Waals surface area contributed by atoms with Crippen LogP contribution in [0.5, 0.6) is 0 Å². The maximum Gasteiger partial charge on any atom is 0.0601 e. The largest absolute Gasteiger partial charge is 0.381 e. The third kappa shape index (κ3) is 3.41. The number of hydrogen-bond acceptors (Lipinski definition) is 4. The summed E-state index contributed by atoms with van der Waals surface area (Å²) >= 11 is 0. The van der Waals surface area contributed by atoms with Gasteiger partial charge >= 0.3 is 0 Å². The Morgan fingerprint density at radius 3 is 2.73 bits per heavy atom. The molecule has 2 rings (SSSR count). The summed E-state index contributed by atoms with van der Waals surface area (Å²) in [5.41, 5.74) is 0. The van der Waals surface area contributed by atoms with E-state index in [1.165, 1.54) is 12.8 Å². The van der Waals surface area contributed by atoms with Gasteiger partial charge < -0.3 is 14.8 Å². The topological polar surface area (TPSA) is 33.7 Å². The van der Waals surface area contributed by atoms with E-state index < -0.39 is 0 Å². The summed E-state index contributed by atoms with van der Waals surface area (Å²) in [5.74, 6) is 0. The van der Waals surface area contributed by atoms with E-state index in [1.807, 2.05) is 0 Å². The van der Waals surface area contributed by atoms with Crippen molar-refractivity contribution in [3.63, 3.8) is 0 Å². The molecule has 1 saturated carbocycles. The van der Waals surface area contributed by atoms with E-state index in [-0.39, 0.29) is 0 Å². The van der Waals surface area contributed by atoms with Crippen molar-refractivity contribution in [1.82, 2.24) is 10.2 Å². The van der Waals surface area contributed by atoms with Gasteiger partial charge in [0.15, 0.2) is 0 Å². The van der Waals surface area contributed by atoms with Gasteiger partial charge in [0, 0.05) is 39.3 Å². The predicted octanol–water partition coefficient (Wildman–Crippen LogP) is 0.0856. The fraction of sp³-hybridized carbons (Fsp3) is 1.00. The molecule has 1 saturated heterocycles. The number of hydrogen-bond donors (Lipinski definition) is 1. The second-order valence-corrected chi connectivity index (χ2v) is 4.43. The van der Waals surface area contributed by atoms with Crippen LogP contribution in [0.25, 0.3) is 0 Å². The summed E-state index contributed by atoms with van der Waals surface area (Å²) in [4.78, 5) is 2.46. The summed E-state index contributed by atoms with van der Waals surface area (Å²) in [7, 11) is 1.80. The quantitative estimate of drug-likeness (QED) is 0.703. The van der Waals surface area contributed by atoms with Crippen molar-refractivity contribution >= 4 is 0 Å². The SMILES string of the molecule is COC1CC(NCCN2CCOCC2)C1. The first-order valence-electron chi connectivity index (χ1n) is 5.95. The number of methoxy groups -OCH3 is 1. The monoisotopic (exact) mass is 214 g/mol. The Kier molecular flexibility index (Phi) is 4.38. The molecule has 0 radical (unpaired) electrons.